The summed E-state index contributed by atoms with van der Waals surface area (Å²) in [6.45, 7) is 0. The minimum Gasteiger partial charge on any atom is -0.338 e. The number of nitro benzene ring substituents is 1. The van der Waals surface area contributed by atoms with E-state index in [0.717, 1.165) is 22.7 Å². The standard InChI is InChI=1S/C19H14N4O4S/c24-23(25)15-4-3-5-16(12-15)28(26,27)22-14-10-8-13(9-11-14)19-20-17-6-1-2-7-18(17)21-19/h1-12,22H,(H,20,21). The van der Waals surface area contributed by atoms with Gasteiger partial charge in [0, 0.05) is 23.4 Å². The Morgan fingerprint density at radius 2 is 1.71 bits per heavy atom. The summed E-state index contributed by atoms with van der Waals surface area (Å²) in [5, 5.41) is 10.9. The summed E-state index contributed by atoms with van der Waals surface area (Å²) in [5.74, 6) is 0.675. The van der Waals surface area contributed by atoms with E-state index in [0.29, 0.717) is 11.5 Å². The van der Waals surface area contributed by atoms with Gasteiger partial charge in [0.15, 0.2) is 0 Å². The quantitative estimate of drug-likeness (QED) is 0.393. The summed E-state index contributed by atoms with van der Waals surface area (Å²) in [6, 6.07) is 19.2. The van der Waals surface area contributed by atoms with Crippen molar-refractivity contribution >= 4 is 32.4 Å². The average molecular weight is 394 g/mol. The minimum absolute atomic E-state index is 0.178. The Morgan fingerprint density at radius 1 is 0.964 bits per heavy atom. The van der Waals surface area contributed by atoms with E-state index < -0.39 is 14.9 Å². The summed E-state index contributed by atoms with van der Waals surface area (Å²) >= 11 is 0. The van der Waals surface area contributed by atoms with Crippen molar-refractivity contribution in [2.75, 3.05) is 4.72 Å². The molecule has 2 N–H and O–H groups in total. The summed E-state index contributed by atoms with van der Waals surface area (Å²) in [6.07, 6.45) is 0. The second kappa shape index (κ2) is 6.78. The number of hydrogen-bond acceptors (Lipinski definition) is 5. The van der Waals surface area contributed by atoms with Crippen LogP contribution in [0.2, 0.25) is 0 Å². The molecule has 0 amide bonds. The van der Waals surface area contributed by atoms with Gasteiger partial charge in [-0.1, -0.05) is 18.2 Å². The second-order valence-electron chi connectivity index (χ2n) is 6.04. The summed E-state index contributed by atoms with van der Waals surface area (Å²) in [4.78, 5) is 17.8. The molecule has 1 aromatic heterocycles. The third-order valence-corrected chi connectivity index (χ3v) is 5.52. The first kappa shape index (κ1) is 17.7. The Bertz CT molecular complexity index is 1250. The van der Waals surface area contributed by atoms with Crippen molar-refractivity contribution in [3.63, 3.8) is 0 Å². The molecule has 0 saturated heterocycles. The maximum atomic E-state index is 12.5. The van der Waals surface area contributed by atoms with E-state index in [9.17, 15) is 18.5 Å². The molecule has 0 spiro atoms. The molecule has 0 saturated carbocycles. The van der Waals surface area contributed by atoms with Crippen LogP contribution < -0.4 is 4.72 Å². The highest BCUT2D eigenvalue weighted by Gasteiger charge is 2.18. The predicted molar refractivity (Wildman–Crippen MR) is 105 cm³/mol. The molecule has 3 aromatic carbocycles. The van der Waals surface area contributed by atoms with Gasteiger partial charge in [0.1, 0.15) is 5.82 Å². The van der Waals surface area contributed by atoms with Crippen molar-refractivity contribution in [2.45, 2.75) is 4.90 Å². The number of fused-ring (bicyclic) bond motifs is 1. The Balaban J connectivity index is 1.58. The van der Waals surface area contributed by atoms with Gasteiger partial charge in [-0.15, -0.1) is 0 Å². The van der Waals surface area contributed by atoms with E-state index in [1.165, 1.54) is 18.2 Å². The molecule has 0 radical (unpaired) electrons. The van der Waals surface area contributed by atoms with E-state index in [4.69, 9.17) is 0 Å². The molecule has 0 unspecified atom stereocenters. The third-order valence-electron chi connectivity index (χ3n) is 4.14. The predicted octanol–water partition coefficient (Wildman–Crippen LogP) is 3.94. The molecular weight excluding hydrogens is 380 g/mol. The lowest BCUT2D eigenvalue weighted by atomic mass is 10.2. The Labute approximate surface area is 160 Å². The minimum atomic E-state index is -3.95. The molecule has 1 heterocycles. The molecule has 0 bridgehead atoms. The lowest BCUT2D eigenvalue weighted by Crippen LogP contribution is -2.13. The van der Waals surface area contributed by atoms with Crippen LogP contribution in [-0.2, 0) is 10.0 Å². The molecular formula is C19H14N4O4S. The summed E-state index contributed by atoms with van der Waals surface area (Å²) in [5.41, 5.74) is 2.60. The smallest absolute Gasteiger partial charge is 0.270 e. The molecule has 0 aliphatic rings. The van der Waals surface area contributed by atoms with E-state index in [1.807, 2.05) is 24.3 Å². The molecule has 0 aliphatic heterocycles. The normalized spacial score (nSPS) is 11.4. The number of nitrogens with one attached hydrogen (secondary N) is 2. The highest BCUT2D eigenvalue weighted by molar-refractivity contribution is 7.92. The molecule has 28 heavy (non-hydrogen) atoms. The lowest BCUT2D eigenvalue weighted by molar-refractivity contribution is -0.385. The first-order chi connectivity index (χ1) is 13.4. The molecule has 0 aliphatic carbocycles. The number of aromatic nitrogens is 2. The zero-order chi connectivity index (χ0) is 19.7. The van der Waals surface area contributed by atoms with Gasteiger partial charge >= 0.3 is 0 Å². The highest BCUT2D eigenvalue weighted by Crippen LogP contribution is 2.24. The summed E-state index contributed by atoms with van der Waals surface area (Å²) < 4.78 is 27.4. The van der Waals surface area contributed by atoms with Crippen molar-refractivity contribution in [3.05, 3.63) is 82.9 Å². The fourth-order valence-corrected chi connectivity index (χ4v) is 3.86. The van der Waals surface area contributed by atoms with Crippen LogP contribution in [0.15, 0.2) is 77.7 Å². The number of imidazole rings is 1. The first-order valence-corrected chi connectivity index (χ1v) is 9.73. The molecule has 4 rings (SSSR count). The third kappa shape index (κ3) is 3.42. The van der Waals surface area contributed by atoms with Crippen molar-refractivity contribution in [1.82, 2.24) is 9.97 Å². The van der Waals surface area contributed by atoms with Crippen LogP contribution in [-0.4, -0.2) is 23.3 Å². The van der Waals surface area contributed by atoms with Gasteiger partial charge in [-0.05, 0) is 42.5 Å². The van der Waals surface area contributed by atoms with Gasteiger partial charge in [0.25, 0.3) is 15.7 Å². The average Bonchev–Trinajstić information content (AvgIpc) is 3.12. The zero-order valence-corrected chi connectivity index (χ0v) is 15.2. The van der Waals surface area contributed by atoms with Crippen molar-refractivity contribution in [2.24, 2.45) is 0 Å². The van der Waals surface area contributed by atoms with Crippen LogP contribution in [0.1, 0.15) is 0 Å². The fourth-order valence-electron chi connectivity index (χ4n) is 2.76. The Kier molecular flexibility index (Phi) is 4.28. The van der Waals surface area contributed by atoms with Gasteiger partial charge in [-0.3, -0.25) is 14.8 Å². The van der Waals surface area contributed by atoms with E-state index >= 15 is 0 Å². The lowest BCUT2D eigenvalue weighted by Gasteiger charge is -2.08. The Hall–Kier alpha value is -3.72. The molecule has 4 aromatic rings. The van der Waals surface area contributed by atoms with Crippen LogP contribution in [0, 0.1) is 10.1 Å². The summed E-state index contributed by atoms with van der Waals surface area (Å²) in [7, 11) is -3.95. The maximum absolute atomic E-state index is 12.5. The van der Waals surface area contributed by atoms with Crippen molar-refractivity contribution < 1.29 is 13.3 Å². The topological polar surface area (TPSA) is 118 Å². The number of hydrogen-bond donors (Lipinski definition) is 2. The fraction of sp³-hybridized carbons (Fsp3) is 0. The van der Waals surface area contributed by atoms with Crippen LogP contribution in [0.5, 0.6) is 0 Å². The van der Waals surface area contributed by atoms with Crippen LogP contribution >= 0.6 is 0 Å². The number of aromatic amines is 1. The number of nitro groups is 1. The maximum Gasteiger partial charge on any atom is 0.270 e. The second-order valence-corrected chi connectivity index (χ2v) is 7.72. The number of sulfonamides is 1. The van der Waals surface area contributed by atoms with Crippen LogP contribution in [0.3, 0.4) is 0 Å². The van der Waals surface area contributed by atoms with E-state index in [1.54, 1.807) is 24.3 Å². The molecule has 140 valence electrons. The molecule has 8 nitrogen and oxygen atoms in total. The van der Waals surface area contributed by atoms with Gasteiger partial charge in [-0.25, -0.2) is 13.4 Å². The van der Waals surface area contributed by atoms with E-state index in [-0.39, 0.29) is 10.6 Å². The van der Waals surface area contributed by atoms with Crippen molar-refractivity contribution in [3.8, 4) is 11.4 Å². The van der Waals surface area contributed by atoms with E-state index in [2.05, 4.69) is 14.7 Å². The zero-order valence-electron chi connectivity index (χ0n) is 14.4. The van der Waals surface area contributed by atoms with Crippen molar-refractivity contribution in [1.29, 1.82) is 0 Å². The first-order valence-electron chi connectivity index (χ1n) is 8.25. The number of H-pyrrole nitrogens is 1. The molecule has 0 fully saturated rings. The van der Waals surface area contributed by atoms with Gasteiger partial charge in [-0.2, -0.15) is 0 Å². The SMILES string of the molecule is O=[N+]([O-])c1cccc(S(=O)(=O)Nc2ccc(-c3nc4ccccc4[nH]3)cc2)c1. The molecule has 0 atom stereocenters. The van der Waals surface area contributed by atoms with Crippen LogP contribution in [0.4, 0.5) is 11.4 Å². The number of anilines is 1. The highest BCUT2D eigenvalue weighted by atomic mass is 32.2. The number of para-hydroxylation sites is 2. The van der Waals surface area contributed by atoms with Crippen LogP contribution in [0.25, 0.3) is 22.4 Å². The van der Waals surface area contributed by atoms with Gasteiger partial charge < -0.3 is 4.98 Å². The Morgan fingerprint density at radius 3 is 2.43 bits per heavy atom. The number of non-ortho nitro benzene ring substituents is 1. The number of nitrogens with zero attached hydrogens (tertiary/aromatic N) is 2. The number of benzene rings is 3. The van der Waals surface area contributed by atoms with Gasteiger partial charge in [0.2, 0.25) is 0 Å². The number of rotatable bonds is 5. The molecule has 9 heteroatoms. The van der Waals surface area contributed by atoms with Gasteiger partial charge in [0.05, 0.1) is 20.9 Å². The largest absolute Gasteiger partial charge is 0.338 e. The monoisotopic (exact) mass is 394 g/mol.